The van der Waals surface area contributed by atoms with E-state index in [0.717, 1.165) is 22.5 Å². The number of aryl methyl sites for hydroxylation is 1. The van der Waals surface area contributed by atoms with Crippen LogP contribution in [-0.4, -0.2) is 18.2 Å². The Morgan fingerprint density at radius 3 is 2.83 bits per heavy atom. The predicted molar refractivity (Wildman–Crippen MR) is 103 cm³/mol. The lowest BCUT2D eigenvalue weighted by atomic mass is 10.1. The van der Waals surface area contributed by atoms with Gasteiger partial charge in [0, 0.05) is 16.0 Å². The van der Waals surface area contributed by atoms with Crippen molar-refractivity contribution in [3.63, 3.8) is 0 Å². The van der Waals surface area contributed by atoms with Crippen LogP contribution in [-0.2, 0) is 4.79 Å². The van der Waals surface area contributed by atoms with Crippen LogP contribution in [0.1, 0.15) is 12.5 Å². The van der Waals surface area contributed by atoms with Crippen LogP contribution in [0.2, 0.25) is 5.02 Å². The lowest BCUT2D eigenvalue weighted by Gasteiger charge is -2.11. The fraction of sp³-hybridized carbons (Fsp3) is 0.158. The Kier molecular flexibility index (Phi) is 4.97. The van der Waals surface area contributed by atoms with Crippen molar-refractivity contribution in [2.45, 2.75) is 13.8 Å². The molecule has 0 saturated carbocycles. The smallest absolute Gasteiger partial charge is 0.277 e. The van der Waals surface area contributed by atoms with E-state index < -0.39 is 0 Å². The van der Waals surface area contributed by atoms with Crippen LogP contribution in [0.3, 0.4) is 0 Å². The van der Waals surface area contributed by atoms with E-state index in [0.29, 0.717) is 17.3 Å². The van der Waals surface area contributed by atoms with E-state index in [-0.39, 0.29) is 5.91 Å². The Morgan fingerprint density at radius 1 is 1.33 bits per heavy atom. The number of rotatable bonds is 3. The molecule has 1 aliphatic heterocycles. The van der Waals surface area contributed by atoms with Gasteiger partial charge in [-0.2, -0.15) is 11.3 Å². The van der Waals surface area contributed by atoms with Gasteiger partial charge in [-0.25, -0.2) is 4.99 Å². The normalized spacial score (nSPS) is 18.5. The van der Waals surface area contributed by atoms with Crippen LogP contribution < -0.4 is 4.90 Å². The number of amides is 1. The first-order chi connectivity index (χ1) is 11.6. The summed E-state index contributed by atoms with van der Waals surface area (Å²) in [6.45, 7) is 4.41. The highest BCUT2D eigenvalue weighted by molar-refractivity contribution is 7.08. The summed E-state index contributed by atoms with van der Waals surface area (Å²) in [6.07, 6.45) is 5.82. The molecule has 0 bridgehead atoms. The average Bonchev–Trinajstić information content (AvgIpc) is 3.19. The number of benzene rings is 1. The summed E-state index contributed by atoms with van der Waals surface area (Å²) in [6, 6.07) is 7.48. The minimum atomic E-state index is -0.0724. The zero-order valence-corrected chi connectivity index (χ0v) is 15.1. The highest BCUT2D eigenvalue weighted by Crippen LogP contribution is 2.28. The summed E-state index contributed by atoms with van der Waals surface area (Å²) in [7, 11) is 0. The first kappa shape index (κ1) is 16.7. The molecule has 1 aromatic heterocycles. The van der Waals surface area contributed by atoms with Gasteiger partial charge in [-0.15, -0.1) is 0 Å². The molecule has 1 amide bonds. The molecule has 1 aliphatic rings. The minimum Gasteiger partial charge on any atom is -0.302 e. The molecule has 0 spiro atoms. The van der Waals surface area contributed by atoms with Crippen molar-refractivity contribution in [1.82, 2.24) is 0 Å². The van der Waals surface area contributed by atoms with Crippen LogP contribution in [0.25, 0.3) is 0 Å². The zero-order valence-electron chi connectivity index (χ0n) is 13.5. The SMILES string of the molecule is C/C=C\C=C1/CN(c2ccsc2)C(=O)C1=Nc1ccc(Cl)c(C)c1. The number of aliphatic imine (C=N–C) groups is 1. The molecule has 0 atom stereocenters. The third-order valence-corrected chi connectivity index (χ3v) is 4.87. The molecule has 1 aromatic carbocycles. The van der Waals surface area contributed by atoms with E-state index in [1.54, 1.807) is 16.2 Å². The van der Waals surface area contributed by atoms with Crippen LogP contribution in [0, 0.1) is 6.92 Å². The van der Waals surface area contributed by atoms with Crippen LogP contribution in [0.5, 0.6) is 0 Å². The van der Waals surface area contributed by atoms with Gasteiger partial charge in [0.05, 0.1) is 17.9 Å². The van der Waals surface area contributed by atoms with Gasteiger partial charge in [-0.3, -0.25) is 4.79 Å². The molecule has 1 saturated heterocycles. The first-order valence-corrected chi connectivity index (χ1v) is 8.93. The molecule has 122 valence electrons. The van der Waals surface area contributed by atoms with Crippen molar-refractivity contribution in [1.29, 1.82) is 0 Å². The fourth-order valence-electron chi connectivity index (χ4n) is 2.49. The largest absolute Gasteiger partial charge is 0.302 e. The standard InChI is InChI=1S/C19H17ClN2OS/c1-3-4-5-14-11-22(16-8-9-24-12-16)19(23)18(14)21-15-6-7-17(20)13(2)10-15/h3-10,12H,11H2,1-2H3/b4-3-,14-5+,21-18?. The molecule has 24 heavy (non-hydrogen) atoms. The maximum absolute atomic E-state index is 12.8. The third-order valence-electron chi connectivity index (χ3n) is 3.77. The molecule has 0 unspecified atom stereocenters. The van der Waals surface area contributed by atoms with Gasteiger partial charge in [-0.1, -0.05) is 29.8 Å². The van der Waals surface area contributed by atoms with Gasteiger partial charge in [0.2, 0.25) is 0 Å². The lowest BCUT2D eigenvalue weighted by Crippen LogP contribution is -2.26. The lowest BCUT2D eigenvalue weighted by molar-refractivity contribution is -0.111. The molecule has 1 fully saturated rings. The van der Waals surface area contributed by atoms with E-state index in [2.05, 4.69) is 4.99 Å². The topological polar surface area (TPSA) is 32.7 Å². The Hall–Kier alpha value is -2.17. The van der Waals surface area contributed by atoms with Crippen molar-refractivity contribution >= 4 is 45.9 Å². The zero-order chi connectivity index (χ0) is 17.1. The monoisotopic (exact) mass is 356 g/mol. The predicted octanol–water partition coefficient (Wildman–Crippen LogP) is 5.33. The highest BCUT2D eigenvalue weighted by Gasteiger charge is 2.33. The Bertz CT molecular complexity index is 850. The second-order valence-corrected chi connectivity index (χ2v) is 6.67. The number of anilines is 1. The second kappa shape index (κ2) is 7.16. The van der Waals surface area contributed by atoms with Gasteiger partial charge in [0.15, 0.2) is 0 Å². The van der Waals surface area contributed by atoms with Crippen LogP contribution in [0.4, 0.5) is 11.4 Å². The molecule has 0 radical (unpaired) electrons. The molecular weight excluding hydrogens is 340 g/mol. The molecule has 2 aromatic rings. The van der Waals surface area contributed by atoms with E-state index in [9.17, 15) is 4.79 Å². The second-order valence-electron chi connectivity index (χ2n) is 5.48. The van der Waals surface area contributed by atoms with Gasteiger partial charge >= 0.3 is 0 Å². The van der Waals surface area contributed by atoms with Crippen LogP contribution >= 0.6 is 22.9 Å². The molecule has 3 rings (SSSR count). The number of allylic oxidation sites excluding steroid dienone is 3. The van der Waals surface area contributed by atoms with Crippen molar-refractivity contribution in [2.75, 3.05) is 11.4 Å². The van der Waals surface area contributed by atoms with E-state index in [4.69, 9.17) is 11.6 Å². The number of carbonyl (C=O) groups excluding carboxylic acids is 1. The summed E-state index contributed by atoms with van der Waals surface area (Å²) < 4.78 is 0. The Morgan fingerprint density at radius 2 is 2.17 bits per heavy atom. The quantitative estimate of drug-likeness (QED) is 0.731. The fourth-order valence-corrected chi connectivity index (χ4v) is 3.25. The highest BCUT2D eigenvalue weighted by atomic mass is 35.5. The van der Waals surface area contributed by atoms with Crippen molar-refractivity contribution in [3.05, 3.63) is 69.4 Å². The Balaban J connectivity index is 2.03. The van der Waals surface area contributed by atoms with Gasteiger partial charge < -0.3 is 4.90 Å². The summed E-state index contributed by atoms with van der Waals surface area (Å²) >= 11 is 7.65. The number of carbonyl (C=O) groups is 1. The summed E-state index contributed by atoms with van der Waals surface area (Å²) in [4.78, 5) is 19.2. The molecule has 5 heteroatoms. The van der Waals surface area contributed by atoms with Crippen molar-refractivity contribution < 1.29 is 4.79 Å². The maximum atomic E-state index is 12.8. The van der Waals surface area contributed by atoms with E-state index in [1.807, 2.05) is 67.1 Å². The summed E-state index contributed by atoms with van der Waals surface area (Å²) in [5.41, 5.74) is 3.99. The van der Waals surface area contributed by atoms with Crippen molar-refractivity contribution in [2.24, 2.45) is 4.99 Å². The number of halogens is 1. The Labute approximate surface area is 150 Å². The van der Waals surface area contributed by atoms with Gasteiger partial charge in [0.1, 0.15) is 5.71 Å². The number of thiophene rings is 1. The molecule has 0 N–H and O–H groups in total. The number of nitrogens with zero attached hydrogens (tertiary/aromatic N) is 2. The summed E-state index contributed by atoms with van der Waals surface area (Å²) in [5.74, 6) is -0.0724. The first-order valence-electron chi connectivity index (χ1n) is 7.61. The van der Waals surface area contributed by atoms with Crippen LogP contribution in [0.15, 0.2) is 63.8 Å². The average molecular weight is 357 g/mol. The maximum Gasteiger partial charge on any atom is 0.277 e. The van der Waals surface area contributed by atoms with E-state index in [1.165, 1.54) is 0 Å². The third kappa shape index (κ3) is 3.35. The molecule has 0 aliphatic carbocycles. The van der Waals surface area contributed by atoms with Crippen molar-refractivity contribution in [3.8, 4) is 0 Å². The van der Waals surface area contributed by atoms with E-state index >= 15 is 0 Å². The van der Waals surface area contributed by atoms with Gasteiger partial charge in [-0.05, 0) is 49.1 Å². The number of hydrogen-bond acceptors (Lipinski definition) is 3. The summed E-state index contributed by atoms with van der Waals surface area (Å²) in [5, 5.41) is 4.64. The number of hydrogen-bond donors (Lipinski definition) is 0. The molecule has 2 heterocycles. The van der Waals surface area contributed by atoms with Gasteiger partial charge in [0.25, 0.3) is 5.91 Å². The molecule has 3 nitrogen and oxygen atoms in total. The molecular formula is C19H17ClN2OS. The minimum absolute atomic E-state index is 0.0724.